The molecule has 0 amide bonds. The van der Waals surface area contributed by atoms with Gasteiger partial charge in [0.25, 0.3) is 0 Å². The van der Waals surface area contributed by atoms with Gasteiger partial charge in [0.05, 0.1) is 13.2 Å². The Bertz CT molecular complexity index is 456. The number of benzene rings is 1. The van der Waals surface area contributed by atoms with Crippen molar-refractivity contribution >= 4 is 12.4 Å². The van der Waals surface area contributed by atoms with Crippen LogP contribution in [-0.2, 0) is 9.47 Å². The largest absolute Gasteiger partial charge is 0.508 e. The third kappa shape index (κ3) is 6.75. The zero-order valence-corrected chi connectivity index (χ0v) is 12.7. The van der Waals surface area contributed by atoms with Crippen molar-refractivity contribution in [3.8, 4) is 0 Å². The van der Waals surface area contributed by atoms with Gasteiger partial charge in [-0.15, -0.1) is 0 Å². The highest BCUT2D eigenvalue weighted by Crippen LogP contribution is 2.15. The highest BCUT2D eigenvalue weighted by atomic mass is 16.7. The van der Waals surface area contributed by atoms with Crippen LogP contribution in [0.2, 0.25) is 0 Å². The molecular weight excluding hydrogens is 266 g/mol. The minimum atomic E-state index is -0.675. The lowest BCUT2D eigenvalue weighted by molar-refractivity contribution is 0.0497. The number of methoxy groups -OCH3 is 1. The number of carbonyl (C=O) groups is 1. The van der Waals surface area contributed by atoms with E-state index in [-0.39, 0.29) is 12.1 Å². The van der Waals surface area contributed by atoms with Gasteiger partial charge in [0.15, 0.2) is 0 Å². The molecule has 1 aromatic rings. The quantitative estimate of drug-likeness (QED) is 0.310. The van der Waals surface area contributed by atoms with Crippen LogP contribution in [0.5, 0.6) is 0 Å². The van der Waals surface area contributed by atoms with Crippen molar-refractivity contribution in [2.45, 2.75) is 38.3 Å². The zero-order valence-electron chi connectivity index (χ0n) is 12.7. The van der Waals surface area contributed by atoms with E-state index in [1.165, 1.54) is 12.7 Å². The molecule has 0 saturated carbocycles. The second kappa shape index (κ2) is 9.75. The Labute approximate surface area is 126 Å². The third-order valence-electron chi connectivity index (χ3n) is 3.11. The van der Waals surface area contributed by atoms with E-state index in [0.717, 1.165) is 12.8 Å². The van der Waals surface area contributed by atoms with Gasteiger partial charge in [-0.05, 0) is 38.0 Å². The van der Waals surface area contributed by atoms with Gasteiger partial charge in [0, 0.05) is 0 Å². The van der Waals surface area contributed by atoms with Gasteiger partial charge in [0.2, 0.25) is 0 Å². The molecule has 0 aliphatic rings. The van der Waals surface area contributed by atoms with E-state index >= 15 is 0 Å². The van der Waals surface area contributed by atoms with Gasteiger partial charge in [0.1, 0.15) is 6.10 Å². The van der Waals surface area contributed by atoms with Gasteiger partial charge in [-0.1, -0.05) is 43.0 Å². The zero-order chi connectivity index (χ0) is 15.5. The lowest BCUT2D eigenvalue weighted by atomic mass is 10.1. The summed E-state index contributed by atoms with van der Waals surface area (Å²) in [6.45, 7) is 5.72. The fourth-order valence-corrected chi connectivity index (χ4v) is 1.86. The smallest absolute Gasteiger partial charge is 0.438 e. The summed E-state index contributed by atoms with van der Waals surface area (Å²) in [6, 6.07) is 10.3. The van der Waals surface area contributed by atoms with Gasteiger partial charge < -0.3 is 9.47 Å². The molecule has 0 radical (unpaired) electrons. The molecule has 0 aliphatic heterocycles. The van der Waals surface area contributed by atoms with Crippen LogP contribution >= 0.6 is 0 Å². The monoisotopic (exact) mass is 289 g/mol. The molecule has 2 atom stereocenters. The van der Waals surface area contributed by atoms with E-state index in [2.05, 4.69) is 35.4 Å². The molecule has 1 rings (SSSR count). The number of ether oxygens (including phenoxy) is 2. The minimum Gasteiger partial charge on any atom is -0.438 e. The van der Waals surface area contributed by atoms with E-state index < -0.39 is 6.16 Å². The van der Waals surface area contributed by atoms with Crippen molar-refractivity contribution in [3.05, 3.63) is 48.6 Å². The molecule has 0 saturated heterocycles. The summed E-state index contributed by atoms with van der Waals surface area (Å²) in [5.74, 6) is 0. The summed E-state index contributed by atoms with van der Waals surface area (Å²) in [5, 5.41) is 0. The van der Waals surface area contributed by atoms with Crippen molar-refractivity contribution in [2.24, 2.45) is 4.99 Å². The first kappa shape index (κ1) is 17.0. The Morgan fingerprint density at radius 2 is 2.10 bits per heavy atom. The first-order valence-corrected chi connectivity index (χ1v) is 7.11. The Morgan fingerprint density at radius 3 is 2.71 bits per heavy atom. The lowest BCUT2D eigenvalue weighted by Gasteiger charge is -2.12. The highest BCUT2D eigenvalue weighted by molar-refractivity contribution is 5.60. The maximum Gasteiger partial charge on any atom is 0.508 e. The standard InChI is InChI=1S/C17H23NO3/c1-4-16(21-17(19)20-3)12-8-9-13-18-14(2)15-10-6-5-7-11-15/h4-7,10-11,13-14,16H,1,8-9,12H2,2-3H3/t14-,16?/m1/s1. The van der Waals surface area contributed by atoms with E-state index in [9.17, 15) is 4.79 Å². The summed E-state index contributed by atoms with van der Waals surface area (Å²) < 4.78 is 9.48. The number of carbonyl (C=O) groups excluding carboxylic acids is 1. The van der Waals surface area contributed by atoms with Crippen LogP contribution < -0.4 is 0 Å². The van der Waals surface area contributed by atoms with Gasteiger partial charge in [-0.2, -0.15) is 0 Å². The molecule has 0 bridgehead atoms. The number of hydrogen-bond acceptors (Lipinski definition) is 4. The molecule has 0 fully saturated rings. The third-order valence-corrected chi connectivity index (χ3v) is 3.11. The van der Waals surface area contributed by atoms with Gasteiger partial charge in [-0.3, -0.25) is 4.99 Å². The molecule has 0 heterocycles. The Morgan fingerprint density at radius 1 is 1.38 bits per heavy atom. The first-order valence-electron chi connectivity index (χ1n) is 7.11. The van der Waals surface area contributed by atoms with E-state index in [0.29, 0.717) is 6.42 Å². The number of hydrogen-bond donors (Lipinski definition) is 0. The predicted molar refractivity (Wildman–Crippen MR) is 84.7 cm³/mol. The van der Waals surface area contributed by atoms with Crippen LogP contribution in [0.3, 0.4) is 0 Å². The van der Waals surface area contributed by atoms with E-state index in [4.69, 9.17) is 4.74 Å². The molecule has 0 N–H and O–H groups in total. The summed E-state index contributed by atoms with van der Waals surface area (Å²) in [5.41, 5.74) is 1.20. The van der Waals surface area contributed by atoms with Crippen LogP contribution in [-0.4, -0.2) is 25.6 Å². The van der Waals surface area contributed by atoms with Crippen molar-refractivity contribution in [1.82, 2.24) is 0 Å². The normalized spacial score (nSPS) is 13.6. The fourth-order valence-electron chi connectivity index (χ4n) is 1.86. The molecule has 1 unspecified atom stereocenters. The van der Waals surface area contributed by atoms with Crippen LogP contribution in [0, 0.1) is 0 Å². The van der Waals surface area contributed by atoms with Gasteiger partial charge in [-0.25, -0.2) is 4.79 Å². The van der Waals surface area contributed by atoms with E-state index in [1.54, 1.807) is 6.08 Å². The van der Waals surface area contributed by atoms with Crippen LogP contribution in [0.25, 0.3) is 0 Å². The summed E-state index contributed by atoms with van der Waals surface area (Å²) >= 11 is 0. The molecule has 21 heavy (non-hydrogen) atoms. The molecule has 0 aromatic heterocycles. The highest BCUT2D eigenvalue weighted by Gasteiger charge is 2.10. The molecule has 0 spiro atoms. The van der Waals surface area contributed by atoms with E-state index in [1.807, 2.05) is 24.4 Å². The second-order valence-electron chi connectivity index (χ2n) is 4.70. The van der Waals surface area contributed by atoms with Crippen LogP contribution in [0.1, 0.15) is 37.8 Å². The van der Waals surface area contributed by atoms with Crippen LogP contribution in [0.4, 0.5) is 4.79 Å². The average molecular weight is 289 g/mol. The SMILES string of the molecule is C=CC(CCCC=N[C@H](C)c1ccccc1)OC(=O)OC. The number of aliphatic imine (C=N–C) groups is 1. The molecule has 4 heteroatoms. The molecule has 4 nitrogen and oxygen atoms in total. The second-order valence-corrected chi connectivity index (χ2v) is 4.70. The molecular formula is C17H23NO3. The first-order chi connectivity index (χ1) is 10.2. The maximum atomic E-state index is 11.0. The van der Waals surface area contributed by atoms with Crippen molar-refractivity contribution in [2.75, 3.05) is 7.11 Å². The Hall–Kier alpha value is -2.10. The maximum absolute atomic E-state index is 11.0. The molecule has 114 valence electrons. The average Bonchev–Trinajstić information content (AvgIpc) is 2.53. The number of nitrogens with zero attached hydrogens (tertiary/aromatic N) is 1. The fraction of sp³-hybridized carbons (Fsp3) is 0.412. The number of rotatable bonds is 8. The molecule has 0 aliphatic carbocycles. The minimum absolute atomic E-state index is 0.160. The van der Waals surface area contributed by atoms with Crippen molar-refractivity contribution in [1.29, 1.82) is 0 Å². The Kier molecular flexibility index (Phi) is 7.87. The Balaban J connectivity index is 2.28. The topological polar surface area (TPSA) is 47.9 Å². The predicted octanol–water partition coefficient (Wildman–Crippen LogP) is 4.33. The lowest BCUT2D eigenvalue weighted by Crippen LogP contribution is -2.15. The summed E-state index contributed by atoms with van der Waals surface area (Å²) in [6.07, 6.45) is 4.98. The van der Waals surface area contributed by atoms with Crippen LogP contribution in [0.15, 0.2) is 48.0 Å². The number of unbranched alkanes of at least 4 members (excludes halogenated alkanes) is 1. The molecule has 1 aromatic carbocycles. The summed E-state index contributed by atoms with van der Waals surface area (Å²) in [7, 11) is 1.29. The van der Waals surface area contributed by atoms with Crippen molar-refractivity contribution in [3.63, 3.8) is 0 Å². The van der Waals surface area contributed by atoms with Gasteiger partial charge >= 0.3 is 6.16 Å². The van der Waals surface area contributed by atoms with Crippen molar-refractivity contribution < 1.29 is 14.3 Å². The summed E-state index contributed by atoms with van der Waals surface area (Å²) in [4.78, 5) is 15.5.